The number of rotatable bonds is 8. The fourth-order valence-corrected chi connectivity index (χ4v) is 5.12. The molecule has 0 spiro atoms. The minimum absolute atomic E-state index is 0.245. The van der Waals surface area contributed by atoms with Crippen molar-refractivity contribution >= 4 is 22.1 Å². The van der Waals surface area contributed by atoms with Crippen molar-refractivity contribution in [3.8, 4) is 23.1 Å². The molecule has 3 heterocycles. The lowest BCUT2D eigenvalue weighted by Crippen LogP contribution is -2.19. The molecule has 3 N–H and O–H groups in total. The maximum Gasteiger partial charge on any atom is 0.197 e. The number of anilines is 1. The Balaban J connectivity index is 1.43. The third-order valence-corrected chi connectivity index (χ3v) is 7.36. The third-order valence-electron chi connectivity index (χ3n) is 6.18. The molecule has 0 aliphatic rings. The average molecular weight is 558 g/mol. The minimum Gasteiger partial charge on any atom is -0.368 e. The number of aliphatic hydroxyl groups is 1. The first kappa shape index (κ1) is 27.2. The van der Waals surface area contributed by atoms with Crippen molar-refractivity contribution in [1.29, 1.82) is 0 Å². The molecule has 0 radical (unpaired) electrons. The lowest BCUT2D eigenvalue weighted by molar-refractivity contribution is 0.204. The molecule has 0 saturated carbocycles. The van der Waals surface area contributed by atoms with Gasteiger partial charge in [0.15, 0.2) is 17.0 Å². The highest BCUT2D eigenvalue weighted by Crippen LogP contribution is 2.29. The summed E-state index contributed by atoms with van der Waals surface area (Å²) in [7, 11) is 2.38. The van der Waals surface area contributed by atoms with E-state index in [9.17, 15) is 13.7 Å². The normalized spacial score (nSPS) is 12.8. The minimum atomic E-state index is -1.42. The number of benzene rings is 2. The van der Waals surface area contributed by atoms with E-state index in [-0.39, 0.29) is 11.0 Å². The van der Waals surface area contributed by atoms with E-state index in [0.717, 1.165) is 11.1 Å². The molecule has 0 aliphatic heterocycles. The summed E-state index contributed by atoms with van der Waals surface area (Å²) in [6, 6.07) is 15.0. The van der Waals surface area contributed by atoms with E-state index in [1.165, 1.54) is 12.1 Å². The summed E-state index contributed by atoms with van der Waals surface area (Å²) in [5, 5.41) is 18.8. The summed E-state index contributed by atoms with van der Waals surface area (Å²) in [4.78, 5) is 13.8. The number of nitrogens with zero attached hydrogens (tertiary/aromatic N) is 5. The monoisotopic (exact) mass is 557 g/mol. The molecule has 2 unspecified atom stereocenters. The van der Waals surface area contributed by atoms with Gasteiger partial charge in [-0.2, -0.15) is 5.10 Å². The number of nitrogens with one attached hydrogen (secondary N) is 2. The quantitative estimate of drug-likeness (QED) is 0.197. The zero-order valence-electron chi connectivity index (χ0n) is 22.2. The molecule has 11 heteroatoms. The Kier molecular flexibility index (Phi) is 8.02. The highest BCUT2D eigenvalue weighted by atomic mass is 32.2. The van der Waals surface area contributed by atoms with Crippen molar-refractivity contribution in [1.82, 2.24) is 29.5 Å². The maximum atomic E-state index is 13.6. The number of fused-ring (bicyclic) bond motifs is 1. The van der Waals surface area contributed by atoms with Crippen molar-refractivity contribution in [2.75, 3.05) is 31.7 Å². The number of aromatic nitrogens is 5. The Morgan fingerprint density at radius 3 is 2.75 bits per heavy atom. The van der Waals surface area contributed by atoms with Gasteiger partial charge in [0.25, 0.3) is 0 Å². The first-order valence-electron chi connectivity index (χ1n) is 12.5. The van der Waals surface area contributed by atoms with Crippen molar-refractivity contribution in [2.45, 2.75) is 18.3 Å². The number of aliphatic hydroxyl groups excluding tert-OH is 1. The van der Waals surface area contributed by atoms with Crippen LogP contribution in [0.15, 0.2) is 72.1 Å². The number of H-pyrrole nitrogens is 1. The van der Waals surface area contributed by atoms with Gasteiger partial charge in [-0.1, -0.05) is 12.0 Å². The van der Waals surface area contributed by atoms with Gasteiger partial charge in [0.1, 0.15) is 11.5 Å². The van der Waals surface area contributed by atoms with Crippen LogP contribution in [-0.2, 0) is 10.8 Å². The fourth-order valence-electron chi connectivity index (χ4n) is 3.98. The number of aromatic amines is 1. The Hall–Kier alpha value is -4.37. The van der Waals surface area contributed by atoms with Crippen molar-refractivity contribution in [2.24, 2.45) is 0 Å². The summed E-state index contributed by atoms with van der Waals surface area (Å²) in [6.45, 7) is 2.56. The highest BCUT2D eigenvalue weighted by molar-refractivity contribution is 7.84. The molecular weight excluding hydrogens is 529 g/mol. The maximum absolute atomic E-state index is 13.6. The van der Waals surface area contributed by atoms with E-state index in [4.69, 9.17) is 0 Å². The molecule has 0 aliphatic carbocycles. The summed E-state index contributed by atoms with van der Waals surface area (Å²) in [5.41, 5.74) is 5.00. The van der Waals surface area contributed by atoms with E-state index in [1.54, 1.807) is 29.0 Å². The summed E-state index contributed by atoms with van der Waals surface area (Å²) < 4.78 is 28.2. The second kappa shape index (κ2) is 11.8. The van der Waals surface area contributed by atoms with Crippen molar-refractivity contribution < 1.29 is 13.7 Å². The zero-order valence-corrected chi connectivity index (χ0v) is 23.0. The van der Waals surface area contributed by atoms with Crippen LogP contribution in [-0.4, -0.2) is 65.2 Å². The number of hydrogen-bond donors (Lipinski definition) is 3. The first-order valence-corrected chi connectivity index (χ1v) is 13.9. The zero-order chi connectivity index (χ0) is 28.2. The molecule has 40 heavy (non-hydrogen) atoms. The Morgan fingerprint density at radius 1 is 1.18 bits per heavy atom. The largest absolute Gasteiger partial charge is 0.368 e. The van der Waals surface area contributed by atoms with Gasteiger partial charge in [-0.15, -0.1) is 0 Å². The van der Waals surface area contributed by atoms with E-state index in [1.807, 2.05) is 56.3 Å². The molecule has 3 aromatic heterocycles. The lowest BCUT2D eigenvalue weighted by Gasteiger charge is -2.15. The molecular formula is C29H28FN7O2S. The van der Waals surface area contributed by atoms with Crippen LogP contribution in [0.3, 0.4) is 0 Å². The van der Waals surface area contributed by atoms with Crippen LogP contribution >= 0.6 is 0 Å². The fraction of sp³-hybridized carbons (Fsp3) is 0.207. The van der Waals surface area contributed by atoms with Gasteiger partial charge in [-0.25, -0.2) is 18.9 Å². The second-order valence-electron chi connectivity index (χ2n) is 9.43. The number of imidazole rings is 2. The van der Waals surface area contributed by atoms with Crippen LogP contribution in [0.25, 0.3) is 16.9 Å². The summed E-state index contributed by atoms with van der Waals surface area (Å²) >= 11 is 0. The molecule has 0 bridgehead atoms. The number of aryl methyl sites for hydroxylation is 1. The molecule has 2 aromatic carbocycles. The van der Waals surface area contributed by atoms with Gasteiger partial charge < -0.3 is 20.3 Å². The molecule has 204 valence electrons. The predicted octanol–water partition coefficient (Wildman–Crippen LogP) is 3.74. The van der Waals surface area contributed by atoms with Gasteiger partial charge >= 0.3 is 0 Å². The van der Waals surface area contributed by atoms with Crippen LogP contribution in [0, 0.1) is 24.6 Å². The van der Waals surface area contributed by atoms with Crippen LogP contribution < -0.4 is 5.32 Å². The van der Waals surface area contributed by atoms with Crippen LogP contribution in [0.5, 0.6) is 0 Å². The van der Waals surface area contributed by atoms with Gasteiger partial charge in [-0.05, 0) is 81.0 Å². The van der Waals surface area contributed by atoms with E-state index in [0.29, 0.717) is 46.3 Å². The smallest absolute Gasteiger partial charge is 0.197 e. The topological polar surface area (TPSA) is 111 Å². The standard InChI is InChI=1S/C29H28FN7O2S/c1-19-6-12-23(17-21(19)9-13-24-18-31-25-5-4-14-32-37(24)25)33-28(38)27-26(20-7-10-22(30)11-8-20)34-29(35-27)40(39)16-15-36(2)3/h4-8,10-12,14,17-18,28,33,38H,15-16H2,1-3H3,(H,34,35). The Morgan fingerprint density at radius 2 is 1.98 bits per heavy atom. The lowest BCUT2D eigenvalue weighted by atomic mass is 10.1. The molecule has 0 fully saturated rings. The van der Waals surface area contributed by atoms with Gasteiger partial charge in [0.05, 0.1) is 28.4 Å². The number of hydrogen-bond acceptors (Lipinski definition) is 7. The molecule has 0 saturated heterocycles. The van der Waals surface area contributed by atoms with Crippen LogP contribution in [0.1, 0.15) is 28.7 Å². The SMILES string of the molecule is Cc1ccc(NC(O)c2[nH]c(S(=O)CCN(C)C)nc2-c2ccc(F)cc2)cc1C#Cc1cnc2cccnn12. The predicted molar refractivity (Wildman–Crippen MR) is 153 cm³/mol. The first-order chi connectivity index (χ1) is 19.3. The van der Waals surface area contributed by atoms with Crippen LogP contribution in [0.4, 0.5) is 10.1 Å². The molecule has 5 rings (SSSR count). The summed E-state index contributed by atoms with van der Waals surface area (Å²) in [5.74, 6) is 6.28. The van der Waals surface area contributed by atoms with Gasteiger partial charge in [0.2, 0.25) is 0 Å². The van der Waals surface area contributed by atoms with E-state index in [2.05, 4.69) is 37.2 Å². The molecule has 9 nitrogen and oxygen atoms in total. The van der Waals surface area contributed by atoms with Gasteiger partial charge in [-0.3, -0.25) is 4.21 Å². The molecule has 5 aromatic rings. The van der Waals surface area contributed by atoms with Gasteiger partial charge in [0, 0.05) is 35.3 Å². The third kappa shape index (κ3) is 6.10. The van der Waals surface area contributed by atoms with E-state index < -0.39 is 17.0 Å². The number of halogens is 1. The second-order valence-corrected chi connectivity index (χ2v) is 10.9. The Labute approximate surface area is 233 Å². The molecule has 0 amide bonds. The van der Waals surface area contributed by atoms with Crippen molar-refractivity contribution in [3.05, 3.63) is 95.3 Å². The van der Waals surface area contributed by atoms with Crippen LogP contribution in [0.2, 0.25) is 0 Å². The van der Waals surface area contributed by atoms with E-state index >= 15 is 0 Å². The van der Waals surface area contributed by atoms with Crippen molar-refractivity contribution in [3.63, 3.8) is 0 Å². The average Bonchev–Trinajstić information content (AvgIpc) is 3.57. The summed E-state index contributed by atoms with van der Waals surface area (Å²) in [6.07, 6.45) is 2.13. The highest BCUT2D eigenvalue weighted by Gasteiger charge is 2.22. The molecule has 2 atom stereocenters. The Bertz CT molecular complexity index is 1730.